The van der Waals surface area contributed by atoms with Crippen molar-refractivity contribution in [2.45, 2.75) is 18.3 Å². The van der Waals surface area contributed by atoms with Crippen LogP contribution >= 0.6 is 15.9 Å². The molecule has 4 heteroatoms. The number of anilines is 1. The molecule has 20 heavy (non-hydrogen) atoms. The molecule has 2 aromatic rings. The maximum atomic E-state index is 13.9. The van der Waals surface area contributed by atoms with Gasteiger partial charge in [-0.05, 0) is 25.1 Å². The smallest absolute Gasteiger partial charge is 0.129 e. The first kappa shape index (κ1) is 15.0. The SMILES string of the molecule is CC(c1ccccc1F)N(C)c1cccc(F)c1CBr. The van der Waals surface area contributed by atoms with Crippen molar-refractivity contribution in [3.05, 3.63) is 65.2 Å². The third-order valence-corrected chi connectivity index (χ3v) is 4.10. The molecular formula is C16H16BrF2N. The van der Waals surface area contributed by atoms with Crippen LogP contribution in [0.2, 0.25) is 0 Å². The Balaban J connectivity index is 2.39. The van der Waals surface area contributed by atoms with Crippen LogP contribution in [-0.4, -0.2) is 7.05 Å². The van der Waals surface area contributed by atoms with Gasteiger partial charge in [0.05, 0.1) is 6.04 Å². The number of alkyl halides is 1. The van der Waals surface area contributed by atoms with Crippen LogP contribution in [0.15, 0.2) is 42.5 Å². The Morgan fingerprint density at radius 3 is 2.35 bits per heavy atom. The summed E-state index contributed by atoms with van der Waals surface area (Å²) in [7, 11) is 1.85. The number of nitrogens with zero attached hydrogens (tertiary/aromatic N) is 1. The molecular weight excluding hydrogens is 324 g/mol. The van der Waals surface area contributed by atoms with E-state index in [1.165, 1.54) is 12.1 Å². The fourth-order valence-corrected chi connectivity index (χ4v) is 2.80. The van der Waals surface area contributed by atoms with Crippen LogP contribution in [-0.2, 0) is 5.33 Å². The topological polar surface area (TPSA) is 3.24 Å². The van der Waals surface area contributed by atoms with Crippen LogP contribution in [0, 0.1) is 11.6 Å². The lowest BCUT2D eigenvalue weighted by Crippen LogP contribution is -2.23. The second-order valence-corrected chi connectivity index (χ2v) is 5.24. The Morgan fingerprint density at radius 1 is 1.05 bits per heavy atom. The standard InChI is InChI=1S/C16H16BrF2N/c1-11(12-6-3-4-7-14(12)18)20(2)16-9-5-8-15(19)13(16)10-17/h3-9,11H,10H2,1-2H3. The summed E-state index contributed by atoms with van der Waals surface area (Å²) in [6.07, 6.45) is 0. The van der Waals surface area contributed by atoms with Gasteiger partial charge in [0.2, 0.25) is 0 Å². The molecule has 0 bridgehead atoms. The van der Waals surface area contributed by atoms with Crippen LogP contribution in [0.1, 0.15) is 24.1 Å². The average Bonchev–Trinajstić information content (AvgIpc) is 2.46. The van der Waals surface area contributed by atoms with Gasteiger partial charge in [0.15, 0.2) is 0 Å². The van der Waals surface area contributed by atoms with E-state index < -0.39 is 0 Å². The quantitative estimate of drug-likeness (QED) is 0.704. The summed E-state index contributed by atoms with van der Waals surface area (Å²) in [5.41, 5.74) is 1.94. The van der Waals surface area contributed by atoms with E-state index in [4.69, 9.17) is 0 Å². The van der Waals surface area contributed by atoms with Crippen molar-refractivity contribution in [1.29, 1.82) is 0 Å². The van der Waals surface area contributed by atoms with Crippen molar-refractivity contribution in [3.63, 3.8) is 0 Å². The normalized spacial score (nSPS) is 12.2. The van der Waals surface area contributed by atoms with Crippen molar-refractivity contribution < 1.29 is 8.78 Å². The van der Waals surface area contributed by atoms with Crippen molar-refractivity contribution in [2.24, 2.45) is 0 Å². The van der Waals surface area contributed by atoms with Gasteiger partial charge in [0.1, 0.15) is 11.6 Å². The molecule has 0 saturated carbocycles. The van der Waals surface area contributed by atoms with E-state index in [0.717, 1.165) is 5.69 Å². The number of hydrogen-bond donors (Lipinski definition) is 0. The first-order chi connectivity index (χ1) is 9.56. The highest BCUT2D eigenvalue weighted by atomic mass is 79.9. The second-order valence-electron chi connectivity index (χ2n) is 4.68. The fourth-order valence-electron chi connectivity index (χ4n) is 2.24. The Morgan fingerprint density at radius 2 is 1.70 bits per heavy atom. The van der Waals surface area contributed by atoms with Crippen molar-refractivity contribution in [2.75, 3.05) is 11.9 Å². The van der Waals surface area contributed by atoms with E-state index in [1.807, 2.05) is 24.9 Å². The highest BCUT2D eigenvalue weighted by molar-refractivity contribution is 9.08. The first-order valence-corrected chi connectivity index (χ1v) is 7.49. The fraction of sp³-hybridized carbons (Fsp3) is 0.250. The van der Waals surface area contributed by atoms with Gasteiger partial charge in [0, 0.05) is 29.2 Å². The lowest BCUT2D eigenvalue weighted by molar-refractivity contribution is 0.583. The highest BCUT2D eigenvalue weighted by Gasteiger charge is 2.19. The van der Waals surface area contributed by atoms with Crippen molar-refractivity contribution in [3.8, 4) is 0 Å². The van der Waals surface area contributed by atoms with E-state index >= 15 is 0 Å². The number of rotatable bonds is 4. The molecule has 0 spiro atoms. The zero-order valence-corrected chi connectivity index (χ0v) is 13.0. The summed E-state index contributed by atoms with van der Waals surface area (Å²) < 4.78 is 27.7. The molecule has 0 N–H and O–H groups in total. The molecule has 0 saturated heterocycles. The van der Waals surface area contributed by atoms with Gasteiger partial charge in [-0.2, -0.15) is 0 Å². The average molecular weight is 340 g/mol. The minimum atomic E-state index is -0.257. The molecule has 0 aromatic heterocycles. The Hall–Kier alpha value is -1.42. The summed E-state index contributed by atoms with van der Waals surface area (Å²) in [4.78, 5) is 1.89. The molecule has 2 aromatic carbocycles. The molecule has 0 aliphatic heterocycles. The van der Waals surface area contributed by atoms with Gasteiger partial charge in [-0.25, -0.2) is 8.78 Å². The van der Waals surface area contributed by atoms with E-state index in [2.05, 4.69) is 15.9 Å². The minimum Gasteiger partial charge on any atom is -0.367 e. The number of halogens is 3. The number of benzene rings is 2. The summed E-state index contributed by atoms with van der Waals surface area (Å²) in [6, 6.07) is 11.4. The zero-order chi connectivity index (χ0) is 14.7. The Labute approximate surface area is 126 Å². The van der Waals surface area contributed by atoms with Crippen LogP contribution in [0.25, 0.3) is 0 Å². The van der Waals surface area contributed by atoms with Gasteiger partial charge in [-0.3, -0.25) is 0 Å². The lowest BCUT2D eigenvalue weighted by atomic mass is 10.0. The van der Waals surface area contributed by atoms with Gasteiger partial charge >= 0.3 is 0 Å². The van der Waals surface area contributed by atoms with E-state index in [9.17, 15) is 8.78 Å². The predicted octanol–water partition coefficient (Wildman–Crippen LogP) is 5.06. The van der Waals surface area contributed by atoms with E-state index in [1.54, 1.807) is 24.3 Å². The molecule has 0 fully saturated rings. The van der Waals surface area contributed by atoms with Crippen LogP contribution in [0.4, 0.5) is 14.5 Å². The van der Waals surface area contributed by atoms with Gasteiger partial charge in [-0.15, -0.1) is 0 Å². The lowest BCUT2D eigenvalue weighted by Gasteiger charge is -2.29. The zero-order valence-electron chi connectivity index (χ0n) is 11.4. The maximum Gasteiger partial charge on any atom is 0.129 e. The molecule has 1 unspecified atom stereocenters. The predicted molar refractivity (Wildman–Crippen MR) is 82.2 cm³/mol. The van der Waals surface area contributed by atoms with E-state index in [-0.39, 0.29) is 17.7 Å². The molecule has 0 heterocycles. The molecule has 1 atom stereocenters. The summed E-state index contributed by atoms with van der Waals surface area (Å²) >= 11 is 3.31. The van der Waals surface area contributed by atoms with Crippen LogP contribution < -0.4 is 4.90 Å². The monoisotopic (exact) mass is 339 g/mol. The summed E-state index contributed by atoms with van der Waals surface area (Å²) in [5, 5.41) is 0.420. The van der Waals surface area contributed by atoms with Gasteiger partial charge in [-0.1, -0.05) is 40.2 Å². The van der Waals surface area contributed by atoms with Crippen LogP contribution in [0.5, 0.6) is 0 Å². The maximum absolute atomic E-state index is 13.9. The van der Waals surface area contributed by atoms with E-state index in [0.29, 0.717) is 16.5 Å². The summed E-state index contributed by atoms with van der Waals surface area (Å²) in [6.45, 7) is 1.90. The molecule has 0 radical (unpaired) electrons. The molecule has 0 aliphatic rings. The molecule has 106 valence electrons. The van der Waals surface area contributed by atoms with Crippen molar-refractivity contribution >= 4 is 21.6 Å². The highest BCUT2D eigenvalue weighted by Crippen LogP contribution is 2.31. The van der Waals surface area contributed by atoms with Crippen molar-refractivity contribution in [1.82, 2.24) is 0 Å². The van der Waals surface area contributed by atoms with Gasteiger partial charge in [0.25, 0.3) is 0 Å². The third-order valence-electron chi connectivity index (χ3n) is 3.54. The molecule has 0 aliphatic carbocycles. The van der Waals surface area contributed by atoms with Gasteiger partial charge < -0.3 is 4.90 Å². The van der Waals surface area contributed by atoms with Crippen LogP contribution in [0.3, 0.4) is 0 Å². The third kappa shape index (κ3) is 2.85. The largest absolute Gasteiger partial charge is 0.367 e. The molecule has 1 nitrogen and oxygen atoms in total. The molecule has 2 rings (SSSR count). The first-order valence-electron chi connectivity index (χ1n) is 6.37. The molecule has 0 amide bonds. The Kier molecular flexibility index (Phi) is 4.76. The summed E-state index contributed by atoms with van der Waals surface area (Å²) in [5.74, 6) is -0.504. The Bertz CT molecular complexity index is 601. The number of hydrogen-bond acceptors (Lipinski definition) is 1. The second kappa shape index (κ2) is 6.35. The minimum absolute atomic E-state index is 0.184.